The lowest BCUT2D eigenvalue weighted by Crippen LogP contribution is -2.29. The number of hydrogen-bond acceptors (Lipinski definition) is 8. The zero-order valence-corrected chi connectivity index (χ0v) is 16.2. The topological polar surface area (TPSA) is 130 Å². The molecule has 0 unspecified atom stereocenters. The van der Waals surface area contributed by atoms with E-state index in [0.29, 0.717) is 17.1 Å². The van der Waals surface area contributed by atoms with Crippen LogP contribution >= 0.6 is 0 Å². The molecule has 0 amide bonds. The van der Waals surface area contributed by atoms with Gasteiger partial charge in [-0.1, -0.05) is 42.5 Å². The monoisotopic (exact) mass is 412 g/mol. The van der Waals surface area contributed by atoms with E-state index >= 15 is 0 Å². The second kappa shape index (κ2) is 8.74. The van der Waals surface area contributed by atoms with E-state index in [2.05, 4.69) is 20.5 Å². The van der Waals surface area contributed by atoms with Crippen molar-refractivity contribution in [3.05, 3.63) is 78.9 Å². The average Bonchev–Trinajstić information content (AvgIpc) is 2.78. The molecule has 0 aromatic heterocycles. The molecule has 4 rings (SSSR count). The Labute approximate surface area is 177 Å². The number of rotatable bonds is 5. The molecule has 8 nitrogen and oxygen atoms in total. The van der Waals surface area contributed by atoms with Crippen molar-refractivity contribution in [2.24, 2.45) is 20.5 Å². The molecule has 31 heavy (non-hydrogen) atoms. The Kier molecular flexibility index (Phi) is 5.70. The van der Waals surface area contributed by atoms with Gasteiger partial charge in [-0.3, -0.25) is 0 Å². The molecule has 0 aliphatic carbocycles. The van der Waals surface area contributed by atoms with Crippen LogP contribution in [-0.2, 0) is 0 Å². The van der Waals surface area contributed by atoms with Crippen LogP contribution in [0.4, 0.5) is 22.7 Å². The van der Waals surface area contributed by atoms with Crippen LogP contribution in [0.3, 0.4) is 0 Å². The molecule has 4 N–H and O–H groups in total. The van der Waals surface area contributed by atoms with E-state index in [1.165, 1.54) is 18.2 Å². The van der Waals surface area contributed by atoms with Crippen LogP contribution in [0.5, 0.6) is 11.5 Å². The summed E-state index contributed by atoms with van der Waals surface area (Å²) in [6, 6.07) is 21.7. The minimum Gasteiger partial charge on any atom is -0.506 e. The molecule has 9 heteroatoms. The summed E-state index contributed by atoms with van der Waals surface area (Å²) in [5.74, 6) is -0.145. The molecule has 0 aliphatic heterocycles. The van der Waals surface area contributed by atoms with Gasteiger partial charge in [0, 0.05) is 11.5 Å². The van der Waals surface area contributed by atoms with E-state index < -0.39 is 7.12 Å². The molecular formula is C22H17BN4O4. The summed E-state index contributed by atoms with van der Waals surface area (Å²) in [5, 5.41) is 56.8. The van der Waals surface area contributed by atoms with E-state index in [9.17, 15) is 20.3 Å². The van der Waals surface area contributed by atoms with Crippen molar-refractivity contribution in [1.29, 1.82) is 0 Å². The second-order valence-corrected chi connectivity index (χ2v) is 6.70. The first-order valence-electron chi connectivity index (χ1n) is 9.34. The number of fused-ring (bicyclic) bond motifs is 1. The number of phenolic OH excluding ortho intramolecular Hbond substituents is 2. The minimum absolute atomic E-state index is 0.00678. The van der Waals surface area contributed by atoms with Crippen molar-refractivity contribution >= 4 is 46.1 Å². The quantitative estimate of drug-likeness (QED) is 0.278. The van der Waals surface area contributed by atoms with Gasteiger partial charge >= 0.3 is 7.12 Å². The number of azo groups is 2. The van der Waals surface area contributed by atoms with Gasteiger partial charge in [-0.15, -0.1) is 10.2 Å². The smallest absolute Gasteiger partial charge is 0.488 e. The molecule has 0 saturated heterocycles. The predicted octanol–water partition coefficient (Wildman–Crippen LogP) is 4.76. The predicted molar refractivity (Wildman–Crippen MR) is 118 cm³/mol. The van der Waals surface area contributed by atoms with Crippen molar-refractivity contribution in [3.8, 4) is 11.5 Å². The van der Waals surface area contributed by atoms with Gasteiger partial charge in [0.15, 0.2) is 0 Å². The lowest BCUT2D eigenvalue weighted by molar-refractivity contribution is 0.426. The van der Waals surface area contributed by atoms with Gasteiger partial charge in [-0.05, 0) is 41.2 Å². The summed E-state index contributed by atoms with van der Waals surface area (Å²) in [6.07, 6.45) is 0. The zero-order chi connectivity index (χ0) is 21.8. The molecule has 4 aromatic carbocycles. The third-order valence-corrected chi connectivity index (χ3v) is 4.55. The maximum absolute atomic E-state index is 10.3. The van der Waals surface area contributed by atoms with Crippen LogP contribution in [0.25, 0.3) is 10.8 Å². The number of phenols is 2. The Balaban J connectivity index is 1.57. The standard InChI is InChI=1S/C22H17BN4O4/c28-20-11-8-14-4-1-2-7-18(14)22(20)27-25-17-9-10-19(21(29)13-17)26-24-16-6-3-5-15(12-16)23(30)31/h1-13,28-31H/b26-24+,27-25+. The number of hydrogen-bond donors (Lipinski definition) is 4. The van der Waals surface area contributed by atoms with Crippen molar-refractivity contribution in [2.45, 2.75) is 0 Å². The molecule has 0 heterocycles. The highest BCUT2D eigenvalue weighted by Crippen LogP contribution is 2.37. The molecule has 152 valence electrons. The van der Waals surface area contributed by atoms with Crippen LogP contribution in [0.2, 0.25) is 0 Å². The van der Waals surface area contributed by atoms with Crippen molar-refractivity contribution in [1.82, 2.24) is 0 Å². The van der Waals surface area contributed by atoms with E-state index in [4.69, 9.17) is 0 Å². The summed E-state index contributed by atoms with van der Waals surface area (Å²) >= 11 is 0. The Bertz CT molecular complexity index is 1310. The summed E-state index contributed by atoms with van der Waals surface area (Å²) in [7, 11) is -1.60. The highest BCUT2D eigenvalue weighted by Gasteiger charge is 2.11. The third-order valence-electron chi connectivity index (χ3n) is 4.55. The minimum atomic E-state index is -1.60. The molecule has 0 aliphatic rings. The van der Waals surface area contributed by atoms with Gasteiger partial charge < -0.3 is 20.3 Å². The number of nitrogens with zero attached hydrogens (tertiary/aromatic N) is 4. The lowest BCUT2D eigenvalue weighted by atomic mass is 9.80. The maximum Gasteiger partial charge on any atom is 0.488 e. The van der Waals surface area contributed by atoms with E-state index in [0.717, 1.165) is 10.8 Å². The molecule has 0 spiro atoms. The van der Waals surface area contributed by atoms with Crippen molar-refractivity contribution in [2.75, 3.05) is 0 Å². The summed E-state index contributed by atoms with van der Waals surface area (Å²) < 4.78 is 0. The van der Waals surface area contributed by atoms with Crippen LogP contribution in [0.15, 0.2) is 99.3 Å². The van der Waals surface area contributed by atoms with Crippen LogP contribution in [0, 0.1) is 0 Å². The van der Waals surface area contributed by atoms with Gasteiger partial charge in [0.05, 0.1) is 11.4 Å². The molecular weight excluding hydrogens is 395 g/mol. The third kappa shape index (κ3) is 4.58. The largest absolute Gasteiger partial charge is 0.506 e. The first-order valence-corrected chi connectivity index (χ1v) is 9.34. The zero-order valence-electron chi connectivity index (χ0n) is 16.2. The summed E-state index contributed by atoms with van der Waals surface area (Å²) in [6.45, 7) is 0. The Hall–Kier alpha value is -4.08. The molecule has 0 bridgehead atoms. The highest BCUT2D eigenvalue weighted by atomic mass is 16.4. The summed E-state index contributed by atoms with van der Waals surface area (Å²) in [4.78, 5) is 0. The van der Waals surface area contributed by atoms with Crippen molar-refractivity contribution < 1.29 is 20.3 Å². The highest BCUT2D eigenvalue weighted by molar-refractivity contribution is 6.58. The first kappa shape index (κ1) is 20.2. The molecule has 0 radical (unpaired) electrons. The number of benzene rings is 4. The fourth-order valence-electron chi connectivity index (χ4n) is 2.97. The van der Waals surface area contributed by atoms with E-state index in [1.54, 1.807) is 36.4 Å². The van der Waals surface area contributed by atoms with Crippen LogP contribution < -0.4 is 5.46 Å². The maximum atomic E-state index is 10.3. The van der Waals surface area contributed by atoms with Gasteiger partial charge in [0.2, 0.25) is 0 Å². The molecule has 4 aromatic rings. The van der Waals surface area contributed by atoms with Crippen molar-refractivity contribution in [3.63, 3.8) is 0 Å². The lowest BCUT2D eigenvalue weighted by Gasteiger charge is -2.04. The number of aromatic hydroxyl groups is 2. The van der Waals surface area contributed by atoms with Gasteiger partial charge in [-0.25, -0.2) is 0 Å². The Morgan fingerprint density at radius 3 is 2.19 bits per heavy atom. The fourth-order valence-corrected chi connectivity index (χ4v) is 2.97. The Morgan fingerprint density at radius 1 is 0.613 bits per heavy atom. The Morgan fingerprint density at radius 2 is 1.39 bits per heavy atom. The first-order chi connectivity index (χ1) is 15.0. The molecule has 0 atom stereocenters. The van der Waals surface area contributed by atoms with Crippen LogP contribution in [0.1, 0.15) is 0 Å². The normalized spacial score (nSPS) is 11.5. The van der Waals surface area contributed by atoms with Crippen LogP contribution in [-0.4, -0.2) is 27.4 Å². The fraction of sp³-hybridized carbons (Fsp3) is 0. The SMILES string of the molecule is OB(O)c1cccc(/N=N/c2ccc(/N=N/c3c(O)ccc4ccccc34)cc2O)c1. The van der Waals surface area contributed by atoms with Gasteiger partial charge in [0.25, 0.3) is 0 Å². The van der Waals surface area contributed by atoms with E-state index in [1.807, 2.05) is 24.3 Å². The molecule has 0 fully saturated rings. The van der Waals surface area contributed by atoms with Gasteiger partial charge in [-0.2, -0.15) is 10.2 Å². The van der Waals surface area contributed by atoms with Gasteiger partial charge in [0.1, 0.15) is 22.9 Å². The summed E-state index contributed by atoms with van der Waals surface area (Å²) in [5.41, 5.74) is 1.61. The van der Waals surface area contributed by atoms with E-state index in [-0.39, 0.29) is 22.6 Å². The molecule has 0 saturated carbocycles. The average molecular weight is 412 g/mol. The second-order valence-electron chi connectivity index (χ2n) is 6.70.